The van der Waals surface area contributed by atoms with E-state index in [2.05, 4.69) is 5.32 Å². The van der Waals surface area contributed by atoms with Gasteiger partial charge in [0.25, 0.3) is 5.91 Å². The molecule has 2 aromatic carbocycles. The van der Waals surface area contributed by atoms with E-state index in [1.54, 1.807) is 48.5 Å². The van der Waals surface area contributed by atoms with Crippen LogP contribution in [0.15, 0.2) is 60.2 Å². The highest BCUT2D eigenvalue weighted by atomic mass is 16.5. The molecule has 154 valence electrons. The molecule has 6 heteroatoms. The van der Waals surface area contributed by atoms with Gasteiger partial charge in [0.2, 0.25) is 11.8 Å². The third-order valence-corrected chi connectivity index (χ3v) is 5.64. The minimum Gasteiger partial charge on any atom is -0.494 e. The molecule has 0 radical (unpaired) electrons. The first-order valence-electron chi connectivity index (χ1n) is 10.2. The van der Waals surface area contributed by atoms with Crippen LogP contribution in [0.1, 0.15) is 37.0 Å². The number of nitrogens with one attached hydrogen (secondary N) is 1. The van der Waals surface area contributed by atoms with Crippen LogP contribution >= 0.6 is 0 Å². The maximum Gasteiger partial charge on any atom is 0.257 e. The number of nitrogens with zero attached hydrogens (tertiary/aromatic N) is 1. The van der Waals surface area contributed by atoms with Crippen LogP contribution in [0.5, 0.6) is 5.75 Å². The molecule has 0 spiro atoms. The van der Waals surface area contributed by atoms with Crippen LogP contribution in [0, 0.1) is 11.8 Å². The third-order valence-electron chi connectivity index (χ3n) is 5.64. The summed E-state index contributed by atoms with van der Waals surface area (Å²) in [6, 6.07) is 13.8. The molecule has 1 aliphatic heterocycles. The van der Waals surface area contributed by atoms with Crippen LogP contribution in [0.4, 0.5) is 11.4 Å². The lowest BCUT2D eigenvalue weighted by molar-refractivity contribution is -0.122. The molecule has 2 aliphatic rings. The number of ether oxygens (including phenoxy) is 1. The van der Waals surface area contributed by atoms with Crippen molar-refractivity contribution in [2.24, 2.45) is 11.8 Å². The average Bonchev–Trinajstić information content (AvgIpc) is 2.99. The topological polar surface area (TPSA) is 75.7 Å². The Morgan fingerprint density at radius 2 is 1.77 bits per heavy atom. The zero-order valence-electron chi connectivity index (χ0n) is 17.1. The number of benzene rings is 2. The number of allylic oxidation sites excluding steroid dienone is 2. The van der Waals surface area contributed by atoms with E-state index in [1.807, 2.05) is 19.9 Å². The average molecular weight is 404 g/mol. The molecule has 1 N–H and O–H groups in total. The van der Waals surface area contributed by atoms with Crippen LogP contribution in [0.25, 0.3) is 0 Å². The third kappa shape index (κ3) is 3.61. The first kappa shape index (κ1) is 19.9. The minimum atomic E-state index is -0.375. The maximum atomic E-state index is 13.1. The van der Waals surface area contributed by atoms with Gasteiger partial charge in [0.1, 0.15) is 5.75 Å². The van der Waals surface area contributed by atoms with Crippen molar-refractivity contribution in [2.75, 3.05) is 16.8 Å². The largest absolute Gasteiger partial charge is 0.494 e. The number of rotatable bonds is 5. The van der Waals surface area contributed by atoms with E-state index in [1.165, 1.54) is 4.90 Å². The molecular formula is C24H24N2O4. The number of amides is 3. The SMILES string of the molecule is CCOc1ccc(NC(=O)c2ccccc2N2C(=O)[C@@H]3CC=C(C)C[C@H]3C2=O)cc1. The van der Waals surface area contributed by atoms with Crippen LogP contribution in [0.2, 0.25) is 0 Å². The molecule has 0 unspecified atom stereocenters. The first-order chi connectivity index (χ1) is 14.5. The van der Waals surface area contributed by atoms with Gasteiger partial charge in [-0.2, -0.15) is 0 Å². The standard InChI is InChI=1S/C24H24N2O4/c1-3-30-17-11-9-16(10-12-17)25-22(27)19-6-4-5-7-21(19)26-23(28)18-13-8-15(2)14-20(18)24(26)29/h4-12,18,20H,3,13-14H2,1-2H3,(H,25,27)/t18-,20-/m1/s1. The quantitative estimate of drug-likeness (QED) is 0.599. The van der Waals surface area contributed by atoms with Gasteiger partial charge >= 0.3 is 0 Å². The molecular weight excluding hydrogens is 380 g/mol. The number of para-hydroxylation sites is 1. The molecule has 1 heterocycles. The summed E-state index contributed by atoms with van der Waals surface area (Å²) in [6.45, 7) is 4.45. The van der Waals surface area contributed by atoms with Crippen molar-refractivity contribution in [3.63, 3.8) is 0 Å². The van der Waals surface area contributed by atoms with Crippen molar-refractivity contribution < 1.29 is 19.1 Å². The molecule has 1 fully saturated rings. The Bertz CT molecular complexity index is 1030. The summed E-state index contributed by atoms with van der Waals surface area (Å²) in [5.74, 6) is -0.794. The van der Waals surface area contributed by atoms with Gasteiger partial charge in [-0.25, -0.2) is 4.90 Å². The molecule has 0 aromatic heterocycles. The molecule has 2 atom stereocenters. The van der Waals surface area contributed by atoms with E-state index in [0.717, 1.165) is 11.3 Å². The number of hydrogen-bond acceptors (Lipinski definition) is 4. The summed E-state index contributed by atoms with van der Waals surface area (Å²) >= 11 is 0. The van der Waals surface area contributed by atoms with Crippen molar-refractivity contribution >= 4 is 29.1 Å². The van der Waals surface area contributed by atoms with Gasteiger partial charge in [-0.15, -0.1) is 0 Å². The smallest absolute Gasteiger partial charge is 0.257 e. The van der Waals surface area contributed by atoms with E-state index in [4.69, 9.17) is 4.74 Å². The molecule has 2 aromatic rings. The van der Waals surface area contributed by atoms with Gasteiger partial charge in [-0.3, -0.25) is 14.4 Å². The first-order valence-corrected chi connectivity index (χ1v) is 10.2. The van der Waals surface area contributed by atoms with Crippen molar-refractivity contribution in [3.05, 3.63) is 65.7 Å². The summed E-state index contributed by atoms with van der Waals surface area (Å²) in [4.78, 5) is 40.3. The molecule has 0 saturated carbocycles. The molecule has 1 saturated heterocycles. The second-order valence-electron chi connectivity index (χ2n) is 7.64. The summed E-state index contributed by atoms with van der Waals surface area (Å²) in [7, 11) is 0. The monoisotopic (exact) mass is 404 g/mol. The lowest BCUT2D eigenvalue weighted by Gasteiger charge is -2.19. The fraction of sp³-hybridized carbons (Fsp3) is 0.292. The van der Waals surface area contributed by atoms with Crippen molar-refractivity contribution in [2.45, 2.75) is 26.7 Å². The van der Waals surface area contributed by atoms with Crippen LogP contribution in [0.3, 0.4) is 0 Å². The molecule has 3 amide bonds. The number of carbonyl (C=O) groups excluding carboxylic acids is 3. The lowest BCUT2D eigenvalue weighted by Crippen LogP contribution is -2.33. The van der Waals surface area contributed by atoms with Gasteiger partial charge in [0, 0.05) is 5.69 Å². The van der Waals surface area contributed by atoms with E-state index in [0.29, 0.717) is 30.8 Å². The maximum absolute atomic E-state index is 13.1. The summed E-state index contributed by atoms with van der Waals surface area (Å²) in [5.41, 5.74) is 2.35. The van der Waals surface area contributed by atoms with Gasteiger partial charge in [-0.1, -0.05) is 23.8 Å². The second-order valence-corrected chi connectivity index (χ2v) is 7.64. The highest BCUT2D eigenvalue weighted by Crippen LogP contribution is 2.40. The summed E-state index contributed by atoms with van der Waals surface area (Å²) in [5, 5.41) is 2.84. The zero-order chi connectivity index (χ0) is 21.3. The van der Waals surface area contributed by atoms with Gasteiger partial charge in [0.15, 0.2) is 0 Å². The molecule has 6 nitrogen and oxygen atoms in total. The summed E-state index contributed by atoms with van der Waals surface area (Å²) in [6.07, 6.45) is 3.19. The highest BCUT2D eigenvalue weighted by Gasteiger charge is 2.49. The predicted octanol–water partition coefficient (Wildman–Crippen LogP) is 4.18. The van der Waals surface area contributed by atoms with Crippen LogP contribution < -0.4 is 15.0 Å². The van der Waals surface area contributed by atoms with Crippen molar-refractivity contribution in [3.8, 4) is 5.75 Å². The minimum absolute atomic E-state index is 0.223. The van der Waals surface area contributed by atoms with Crippen molar-refractivity contribution in [1.82, 2.24) is 0 Å². The normalized spacial score (nSPS) is 20.6. The van der Waals surface area contributed by atoms with Gasteiger partial charge in [0.05, 0.1) is 29.7 Å². The van der Waals surface area contributed by atoms with Crippen molar-refractivity contribution in [1.29, 1.82) is 0 Å². The van der Waals surface area contributed by atoms with E-state index in [9.17, 15) is 14.4 Å². The second kappa shape index (κ2) is 8.14. The summed E-state index contributed by atoms with van der Waals surface area (Å²) < 4.78 is 5.42. The van der Waals surface area contributed by atoms with Gasteiger partial charge < -0.3 is 10.1 Å². The Balaban J connectivity index is 1.59. The number of anilines is 2. The fourth-order valence-electron chi connectivity index (χ4n) is 4.14. The number of hydrogen-bond donors (Lipinski definition) is 1. The van der Waals surface area contributed by atoms with E-state index in [-0.39, 0.29) is 35.1 Å². The lowest BCUT2D eigenvalue weighted by atomic mass is 9.82. The Kier molecular flexibility index (Phi) is 5.40. The zero-order valence-corrected chi connectivity index (χ0v) is 17.1. The van der Waals surface area contributed by atoms with Crippen LogP contribution in [-0.2, 0) is 9.59 Å². The Labute approximate surface area is 175 Å². The van der Waals surface area contributed by atoms with Crippen LogP contribution in [-0.4, -0.2) is 24.3 Å². The Morgan fingerprint density at radius 1 is 1.07 bits per heavy atom. The predicted molar refractivity (Wildman–Crippen MR) is 114 cm³/mol. The Hall–Kier alpha value is -3.41. The molecule has 1 aliphatic carbocycles. The number of imide groups is 1. The van der Waals surface area contributed by atoms with E-state index < -0.39 is 0 Å². The number of carbonyl (C=O) groups is 3. The fourth-order valence-corrected chi connectivity index (χ4v) is 4.14. The molecule has 30 heavy (non-hydrogen) atoms. The van der Waals surface area contributed by atoms with E-state index >= 15 is 0 Å². The molecule has 0 bridgehead atoms. The number of fused-ring (bicyclic) bond motifs is 1. The highest BCUT2D eigenvalue weighted by molar-refractivity contribution is 6.25. The Morgan fingerprint density at radius 3 is 2.50 bits per heavy atom. The molecule has 4 rings (SSSR count). The van der Waals surface area contributed by atoms with Gasteiger partial charge in [-0.05, 0) is 63.1 Å².